The van der Waals surface area contributed by atoms with Crippen LogP contribution in [0.4, 0.5) is 4.79 Å². The van der Waals surface area contributed by atoms with Gasteiger partial charge in [-0.2, -0.15) is 0 Å². The molecular weight excluding hydrogens is 482 g/mol. The van der Waals surface area contributed by atoms with Crippen molar-refractivity contribution in [1.82, 2.24) is 24.8 Å². The predicted octanol–water partition coefficient (Wildman–Crippen LogP) is 4.20. The van der Waals surface area contributed by atoms with Crippen LogP contribution < -0.4 is 4.74 Å². The molecule has 2 fully saturated rings. The van der Waals surface area contributed by atoms with Crippen molar-refractivity contribution in [3.05, 3.63) is 39.7 Å². The maximum Gasteiger partial charge on any atom is 0.410 e. The Morgan fingerprint density at radius 3 is 2.64 bits per heavy atom. The summed E-state index contributed by atoms with van der Waals surface area (Å²) in [7, 11) is 1.84. The molecule has 1 aromatic carbocycles. The molecule has 3 aliphatic rings. The number of ether oxygens (including phenoxy) is 2. The first kappa shape index (κ1) is 24.9. The Bertz CT molecular complexity index is 1200. The van der Waals surface area contributed by atoms with E-state index in [1.165, 1.54) is 0 Å². The molecule has 194 valence electrons. The van der Waals surface area contributed by atoms with E-state index in [-0.39, 0.29) is 17.9 Å². The zero-order valence-corrected chi connectivity index (χ0v) is 22.4. The molecule has 1 aromatic heterocycles. The van der Waals surface area contributed by atoms with Crippen LogP contribution in [-0.2, 0) is 29.6 Å². The number of aryl methyl sites for hydroxylation is 1. The van der Waals surface area contributed by atoms with Gasteiger partial charge in [-0.25, -0.2) is 4.79 Å². The van der Waals surface area contributed by atoms with Gasteiger partial charge in [-0.1, -0.05) is 16.8 Å². The average Bonchev–Trinajstić information content (AvgIpc) is 3.38. The molecule has 0 N–H and O–H groups in total. The van der Waals surface area contributed by atoms with Gasteiger partial charge >= 0.3 is 6.09 Å². The second kappa shape index (κ2) is 8.94. The number of fused-ring (bicyclic) bond motifs is 1. The number of nitrogens with zero attached hydrogens (tertiary/aromatic N) is 5. The van der Waals surface area contributed by atoms with E-state index in [0.717, 1.165) is 41.9 Å². The van der Waals surface area contributed by atoms with E-state index in [1.807, 2.05) is 51.8 Å². The number of hydrogen-bond donors (Lipinski definition) is 0. The minimum atomic E-state index is -0.638. The third-order valence-electron chi connectivity index (χ3n) is 7.52. The molecule has 0 bridgehead atoms. The van der Waals surface area contributed by atoms with E-state index in [4.69, 9.17) is 21.1 Å². The fraction of sp³-hybridized carbons (Fsp3) is 0.615. The lowest BCUT2D eigenvalue weighted by Crippen LogP contribution is -2.47. The van der Waals surface area contributed by atoms with Gasteiger partial charge in [0.05, 0.1) is 11.7 Å². The normalized spacial score (nSPS) is 20.6. The molecule has 1 saturated carbocycles. The summed E-state index contributed by atoms with van der Waals surface area (Å²) in [6.07, 6.45) is 2.93. The van der Waals surface area contributed by atoms with Gasteiger partial charge in [0.15, 0.2) is 0 Å². The van der Waals surface area contributed by atoms with Crippen molar-refractivity contribution in [1.29, 1.82) is 0 Å². The van der Waals surface area contributed by atoms with E-state index >= 15 is 0 Å². The predicted molar refractivity (Wildman–Crippen MR) is 134 cm³/mol. The molecule has 1 aliphatic carbocycles. The summed E-state index contributed by atoms with van der Waals surface area (Å²) < 4.78 is 13.8. The highest BCUT2D eigenvalue weighted by Crippen LogP contribution is 2.53. The van der Waals surface area contributed by atoms with Crippen molar-refractivity contribution in [2.75, 3.05) is 19.6 Å². The number of hydrogen-bond acceptors (Lipinski definition) is 6. The minimum Gasteiger partial charge on any atom is -0.487 e. The van der Waals surface area contributed by atoms with E-state index in [0.29, 0.717) is 36.7 Å². The van der Waals surface area contributed by atoms with Gasteiger partial charge in [0.25, 0.3) is 0 Å². The zero-order valence-electron chi connectivity index (χ0n) is 21.6. The van der Waals surface area contributed by atoms with E-state index in [1.54, 1.807) is 9.58 Å². The standard InChI is InChI=1S/C26H34ClN5O4/c1-16-19(28-29-30(16)5)14-35-21-7-6-18(27)17-8-11-32(24(34)36-25(2,3)4)20(23(17)21)13-31-15-26(9-10-26)12-22(31)33/h6-7,20H,8-15H2,1-5H3/t20-/m1/s1. The van der Waals surface area contributed by atoms with Crippen LogP contribution in [-0.4, -0.2) is 62.0 Å². The highest BCUT2D eigenvalue weighted by molar-refractivity contribution is 6.31. The minimum absolute atomic E-state index is 0.127. The zero-order chi connectivity index (χ0) is 25.8. The summed E-state index contributed by atoms with van der Waals surface area (Å²) in [5.74, 6) is 0.772. The number of likely N-dealkylation sites (tertiary alicyclic amines) is 1. The molecule has 0 unspecified atom stereocenters. The summed E-state index contributed by atoms with van der Waals surface area (Å²) >= 11 is 6.66. The Kier molecular flexibility index (Phi) is 6.17. The Balaban J connectivity index is 1.50. The van der Waals surface area contributed by atoms with Crippen molar-refractivity contribution >= 4 is 23.6 Å². The average molecular weight is 516 g/mol. The fourth-order valence-corrected chi connectivity index (χ4v) is 5.49. The Morgan fingerprint density at radius 1 is 1.28 bits per heavy atom. The summed E-state index contributed by atoms with van der Waals surface area (Å²) in [4.78, 5) is 29.9. The van der Waals surface area contributed by atoms with Crippen molar-refractivity contribution in [3.63, 3.8) is 0 Å². The molecule has 1 atom stereocenters. The summed E-state index contributed by atoms with van der Waals surface area (Å²) in [6.45, 7) is 9.30. The van der Waals surface area contributed by atoms with Gasteiger partial charge in [0.2, 0.25) is 5.91 Å². The second-order valence-corrected chi connectivity index (χ2v) is 11.8. The van der Waals surface area contributed by atoms with E-state index in [9.17, 15) is 9.59 Å². The molecule has 10 heteroatoms. The SMILES string of the molecule is Cc1c(COc2ccc(Cl)c3c2[C@@H](CN2CC4(CC4)CC2=O)N(C(=O)OC(C)(C)C)CC3)nnn1C. The topological polar surface area (TPSA) is 89.8 Å². The lowest BCUT2D eigenvalue weighted by molar-refractivity contribution is -0.128. The van der Waals surface area contributed by atoms with Crippen molar-refractivity contribution in [3.8, 4) is 5.75 Å². The molecule has 1 saturated heterocycles. The first-order valence-corrected chi connectivity index (χ1v) is 12.9. The maximum atomic E-state index is 13.4. The number of carbonyl (C=O) groups is 2. The molecule has 5 rings (SSSR count). The lowest BCUT2D eigenvalue weighted by Gasteiger charge is -2.40. The summed E-state index contributed by atoms with van der Waals surface area (Å²) in [6, 6.07) is 3.24. The van der Waals surface area contributed by atoms with E-state index < -0.39 is 17.7 Å². The highest BCUT2D eigenvalue weighted by Gasteiger charge is 2.52. The molecule has 36 heavy (non-hydrogen) atoms. The van der Waals surface area contributed by atoms with Crippen molar-refractivity contribution < 1.29 is 19.1 Å². The first-order valence-electron chi connectivity index (χ1n) is 12.5. The van der Waals surface area contributed by atoms with Crippen LogP contribution in [0, 0.1) is 12.3 Å². The number of aromatic nitrogens is 3. The summed E-state index contributed by atoms with van der Waals surface area (Å²) in [5.41, 5.74) is 2.93. The van der Waals surface area contributed by atoms with Gasteiger partial charge < -0.3 is 14.4 Å². The molecule has 0 radical (unpaired) electrons. The van der Waals surface area contributed by atoms with Gasteiger partial charge in [-0.05, 0) is 70.1 Å². The molecule has 1 spiro atoms. The molecule has 2 aromatic rings. The molecular formula is C26H34ClN5O4. The van der Waals surface area contributed by atoms with Crippen LogP contribution >= 0.6 is 11.6 Å². The highest BCUT2D eigenvalue weighted by atomic mass is 35.5. The lowest BCUT2D eigenvalue weighted by atomic mass is 9.91. The third kappa shape index (κ3) is 4.77. The smallest absolute Gasteiger partial charge is 0.410 e. The number of amides is 2. The van der Waals surface area contributed by atoms with Crippen LogP contribution in [0.1, 0.15) is 68.6 Å². The fourth-order valence-electron chi connectivity index (χ4n) is 5.23. The number of halogens is 1. The maximum absolute atomic E-state index is 13.4. The Hall–Kier alpha value is -2.81. The van der Waals surface area contributed by atoms with Crippen LogP contribution in [0.25, 0.3) is 0 Å². The van der Waals surface area contributed by atoms with Crippen LogP contribution in [0.2, 0.25) is 5.02 Å². The first-order chi connectivity index (χ1) is 17.0. The Morgan fingerprint density at radius 2 is 2.03 bits per heavy atom. The van der Waals surface area contributed by atoms with Crippen molar-refractivity contribution in [2.24, 2.45) is 12.5 Å². The quantitative estimate of drug-likeness (QED) is 0.592. The van der Waals surface area contributed by atoms with Gasteiger partial charge in [0.1, 0.15) is 23.7 Å². The van der Waals surface area contributed by atoms with E-state index in [2.05, 4.69) is 10.3 Å². The monoisotopic (exact) mass is 515 g/mol. The molecule has 2 aliphatic heterocycles. The van der Waals surface area contributed by atoms with Crippen LogP contribution in [0.15, 0.2) is 12.1 Å². The number of rotatable bonds is 5. The number of carbonyl (C=O) groups excluding carboxylic acids is 2. The van der Waals surface area contributed by atoms with Crippen LogP contribution in [0.5, 0.6) is 5.75 Å². The van der Waals surface area contributed by atoms with Crippen LogP contribution in [0.3, 0.4) is 0 Å². The molecule has 2 amide bonds. The van der Waals surface area contributed by atoms with Gasteiger partial charge in [0, 0.05) is 43.7 Å². The Labute approximate surface area is 216 Å². The molecule has 3 heterocycles. The van der Waals surface area contributed by atoms with Gasteiger partial charge in [-0.15, -0.1) is 5.10 Å². The largest absolute Gasteiger partial charge is 0.487 e. The van der Waals surface area contributed by atoms with Crippen molar-refractivity contribution in [2.45, 2.75) is 71.6 Å². The second-order valence-electron chi connectivity index (χ2n) is 11.4. The molecule has 9 nitrogen and oxygen atoms in total. The third-order valence-corrected chi connectivity index (χ3v) is 7.88. The summed E-state index contributed by atoms with van der Waals surface area (Å²) in [5, 5.41) is 8.90. The number of benzene rings is 1. The van der Waals surface area contributed by atoms with Gasteiger partial charge in [-0.3, -0.25) is 14.4 Å².